The Labute approximate surface area is 185 Å². The molecular weight excluding hydrogens is 406 g/mol. The van der Waals surface area contributed by atoms with Crippen LogP contribution in [0.3, 0.4) is 0 Å². The van der Waals surface area contributed by atoms with Gasteiger partial charge in [0.05, 0.1) is 11.0 Å². The number of imidazole rings is 1. The molecular formula is C24H25N5O3. The van der Waals surface area contributed by atoms with E-state index in [4.69, 9.17) is 0 Å². The number of nitrogens with zero attached hydrogens (tertiary/aromatic N) is 3. The fourth-order valence-corrected chi connectivity index (χ4v) is 3.89. The van der Waals surface area contributed by atoms with Crippen LogP contribution in [0.25, 0.3) is 16.7 Å². The maximum atomic E-state index is 12.4. The zero-order chi connectivity index (χ0) is 22.8. The van der Waals surface area contributed by atoms with Gasteiger partial charge in [-0.15, -0.1) is 0 Å². The van der Waals surface area contributed by atoms with Gasteiger partial charge in [0.15, 0.2) is 0 Å². The highest BCUT2D eigenvalue weighted by atomic mass is 16.2. The molecule has 0 fully saturated rings. The standard InChI is InChI=1S/C24H25N5O3/c1-16-8-9-17(2)29(16)19-12-10-18(11-13-19)23(31)26-25-22(30)14-15-28-21-7-5-4-6-20(21)27(3)24(28)32/h4-13H,14-15H2,1-3H3,(H,25,30)(H,26,31). The van der Waals surface area contributed by atoms with Crippen molar-refractivity contribution in [2.24, 2.45) is 7.05 Å². The number of hydrazine groups is 1. The minimum Gasteiger partial charge on any atom is -0.319 e. The van der Waals surface area contributed by atoms with E-state index >= 15 is 0 Å². The summed E-state index contributed by atoms with van der Waals surface area (Å²) in [4.78, 5) is 37.1. The molecule has 0 aliphatic rings. The smallest absolute Gasteiger partial charge is 0.319 e. The second kappa shape index (κ2) is 8.58. The number of amides is 2. The lowest BCUT2D eigenvalue weighted by Gasteiger charge is -2.11. The van der Waals surface area contributed by atoms with Crippen LogP contribution in [0.1, 0.15) is 28.2 Å². The van der Waals surface area contributed by atoms with Gasteiger partial charge in [-0.05, 0) is 62.4 Å². The van der Waals surface area contributed by atoms with E-state index in [2.05, 4.69) is 15.4 Å². The Morgan fingerprint density at radius 2 is 1.47 bits per heavy atom. The minimum atomic E-state index is -0.409. The summed E-state index contributed by atoms with van der Waals surface area (Å²) < 4.78 is 5.20. The van der Waals surface area contributed by atoms with Gasteiger partial charge in [-0.1, -0.05) is 12.1 Å². The van der Waals surface area contributed by atoms with Crippen molar-refractivity contribution in [1.82, 2.24) is 24.6 Å². The van der Waals surface area contributed by atoms with Gasteiger partial charge in [-0.3, -0.25) is 29.6 Å². The third-order valence-electron chi connectivity index (χ3n) is 5.59. The number of benzene rings is 2. The Morgan fingerprint density at radius 1 is 0.844 bits per heavy atom. The molecule has 2 amide bonds. The minimum absolute atomic E-state index is 0.0549. The number of hydrogen-bond acceptors (Lipinski definition) is 3. The van der Waals surface area contributed by atoms with Crippen molar-refractivity contribution in [3.8, 4) is 5.69 Å². The van der Waals surface area contributed by atoms with E-state index in [1.165, 1.54) is 0 Å². The highest BCUT2D eigenvalue weighted by Gasteiger charge is 2.13. The number of carbonyl (C=O) groups is 2. The molecule has 4 aromatic rings. The Hall–Kier alpha value is -4.07. The molecule has 8 heteroatoms. The predicted octanol–water partition coefficient (Wildman–Crippen LogP) is 2.60. The molecule has 0 saturated carbocycles. The highest BCUT2D eigenvalue weighted by Crippen LogP contribution is 2.17. The van der Waals surface area contributed by atoms with Crippen LogP contribution in [-0.4, -0.2) is 25.5 Å². The molecule has 2 heterocycles. The monoisotopic (exact) mass is 431 g/mol. The average molecular weight is 431 g/mol. The van der Waals surface area contributed by atoms with Gasteiger partial charge in [0.25, 0.3) is 5.91 Å². The van der Waals surface area contributed by atoms with Gasteiger partial charge in [-0.25, -0.2) is 4.79 Å². The first-order valence-electron chi connectivity index (χ1n) is 10.4. The lowest BCUT2D eigenvalue weighted by Crippen LogP contribution is -2.42. The van der Waals surface area contributed by atoms with Crippen LogP contribution in [0.2, 0.25) is 0 Å². The first-order valence-corrected chi connectivity index (χ1v) is 10.4. The number of aryl methyl sites for hydroxylation is 4. The second-order valence-corrected chi connectivity index (χ2v) is 7.73. The third kappa shape index (κ3) is 3.94. The third-order valence-corrected chi connectivity index (χ3v) is 5.59. The summed E-state index contributed by atoms with van der Waals surface area (Å²) in [5.41, 5.74) is 9.85. The molecule has 0 bridgehead atoms. The fourth-order valence-electron chi connectivity index (χ4n) is 3.89. The van der Waals surface area contributed by atoms with Crippen molar-refractivity contribution in [2.75, 3.05) is 0 Å². The van der Waals surface area contributed by atoms with Crippen LogP contribution in [-0.2, 0) is 18.4 Å². The topological polar surface area (TPSA) is 90.1 Å². The van der Waals surface area contributed by atoms with Crippen LogP contribution in [0.4, 0.5) is 0 Å². The summed E-state index contributed by atoms with van der Waals surface area (Å²) in [6.07, 6.45) is 0.0549. The number of hydrogen-bond donors (Lipinski definition) is 2. The first kappa shape index (κ1) is 21.2. The summed E-state index contributed by atoms with van der Waals surface area (Å²) >= 11 is 0. The summed E-state index contributed by atoms with van der Waals surface area (Å²) in [6, 6.07) is 18.7. The van der Waals surface area contributed by atoms with Crippen molar-refractivity contribution >= 4 is 22.8 Å². The van der Waals surface area contributed by atoms with Gasteiger partial charge in [0.1, 0.15) is 0 Å². The molecule has 32 heavy (non-hydrogen) atoms. The summed E-state index contributed by atoms with van der Waals surface area (Å²) in [5.74, 6) is -0.790. The summed E-state index contributed by atoms with van der Waals surface area (Å²) in [7, 11) is 1.70. The van der Waals surface area contributed by atoms with Crippen LogP contribution in [0.15, 0.2) is 65.5 Å². The molecule has 2 N–H and O–H groups in total. The SMILES string of the molecule is Cc1ccc(C)n1-c1ccc(C(=O)NNC(=O)CCn2c(=O)n(C)c3ccccc32)cc1. The van der Waals surface area contributed by atoms with Gasteiger partial charge in [0, 0.05) is 42.7 Å². The number of carbonyl (C=O) groups excluding carboxylic acids is 2. The molecule has 8 nitrogen and oxygen atoms in total. The number of fused-ring (bicyclic) bond motifs is 1. The van der Waals surface area contributed by atoms with Gasteiger partial charge < -0.3 is 4.57 Å². The van der Waals surface area contributed by atoms with E-state index < -0.39 is 5.91 Å². The predicted molar refractivity (Wildman–Crippen MR) is 123 cm³/mol. The zero-order valence-corrected chi connectivity index (χ0v) is 18.3. The Bertz CT molecular complexity index is 1340. The quantitative estimate of drug-likeness (QED) is 0.476. The second-order valence-electron chi connectivity index (χ2n) is 7.73. The fraction of sp³-hybridized carbons (Fsp3) is 0.208. The molecule has 4 rings (SSSR count). The molecule has 0 spiro atoms. The van der Waals surface area contributed by atoms with Crippen LogP contribution in [0, 0.1) is 13.8 Å². The largest absolute Gasteiger partial charge is 0.328 e. The zero-order valence-electron chi connectivity index (χ0n) is 18.3. The molecule has 0 aliphatic carbocycles. The summed E-state index contributed by atoms with van der Waals surface area (Å²) in [6.45, 7) is 4.26. The highest BCUT2D eigenvalue weighted by molar-refractivity contribution is 5.95. The maximum absolute atomic E-state index is 12.4. The maximum Gasteiger partial charge on any atom is 0.328 e. The molecule has 2 aromatic carbocycles. The van der Waals surface area contributed by atoms with Crippen molar-refractivity contribution in [2.45, 2.75) is 26.8 Å². The summed E-state index contributed by atoms with van der Waals surface area (Å²) in [5, 5.41) is 0. The van der Waals surface area contributed by atoms with E-state index in [1.807, 2.05) is 62.4 Å². The lowest BCUT2D eigenvalue weighted by molar-refractivity contribution is -0.122. The molecule has 0 unspecified atom stereocenters. The van der Waals surface area contributed by atoms with E-state index in [0.717, 1.165) is 28.1 Å². The average Bonchev–Trinajstić information content (AvgIpc) is 3.26. The van der Waals surface area contributed by atoms with Crippen LogP contribution >= 0.6 is 0 Å². The number of aromatic nitrogens is 3. The molecule has 0 saturated heterocycles. The molecule has 0 aliphatic heterocycles. The van der Waals surface area contributed by atoms with E-state index in [0.29, 0.717) is 5.56 Å². The van der Waals surface area contributed by atoms with E-state index in [9.17, 15) is 14.4 Å². The number of rotatable bonds is 5. The lowest BCUT2D eigenvalue weighted by atomic mass is 10.2. The van der Waals surface area contributed by atoms with Gasteiger partial charge in [-0.2, -0.15) is 0 Å². The van der Waals surface area contributed by atoms with Crippen molar-refractivity contribution in [3.63, 3.8) is 0 Å². The Morgan fingerprint density at radius 3 is 2.12 bits per heavy atom. The molecule has 0 atom stereocenters. The Balaban J connectivity index is 1.35. The normalized spacial score (nSPS) is 11.0. The van der Waals surface area contributed by atoms with Crippen molar-refractivity contribution < 1.29 is 9.59 Å². The van der Waals surface area contributed by atoms with Crippen molar-refractivity contribution in [1.29, 1.82) is 0 Å². The molecule has 2 aromatic heterocycles. The van der Waals surface area contributed by atoms with Gasteiger partial charge in [0.2, 0.25) is 5.91 Å². The Kier molecular flexibility index (Phi) is 5.68. The molecule has 164 valence electrons. The number of para-hydroxylation sites is 2. The van der Waals surface area contributed by atoms with Gasteiger partial charge >= 0.3 is 5.69 Å². The van der Waals surface area contributed by atoms with E-state index in [-0.39, 0.29) is 24.6 Å². The van der Waals surface area contributed by atoms with E-state index in [1.54, 1.807) is 28.3 Å². The number of nitrogens with one attached hydrogen (secondary N) is 2. The van der Waals surface area contributed by atoms with Crippen LogP contribution in [0.5, 0.6) is 0 Å². The van der Waals surface area contributed by atoms with Crippen LogP contribution < -0.4 is 16.5 Å². The molecule has 0 radical (unpaired) electrons. The van der Waals surface area contributed by atoms with Crippen molar-refractivity contribution in [3.05, 3.63) is 88.1 Å². The first-order chi connectivity index (χ1) is 15.4.